The summed E-state index contributed by atoms with van der Waals surface area (Å²) in [7, 11) is 1.61. The van der Waals surface area contributed by atoms with Crippen molar-refractivity contribution >= 4 is 12.1 Å². The van der Waals surface area contributed by atoms with E-state index in [1.807, 2.05) is 0 Å². The van der Waals surface area contributed by atoms with Gasteiger partial charge in [0.25, 0.3) is 0 Å². The van der Waals surface area contributed by atoms with Gasteiger partial charge in [0.05, 0.1) is 5.84 Å². The molecule has 0 aliphatic heterocycles. The number of aliphatic imine (C=N–C) groups is 1. The maximum atomic E-state index is 6.55. The van der Waals surface area contributed by atoms with Crippen molar-refractivity contribution < 1.29 is 0 Å². The molecule has 0 saturated carbocycles. The molecule has 0 rings (SSSR count). The fourth-order valence-electron chi connectivity index (χ4n) is 0.196. The molecule has 0 aromatic rings. The van der Waals surface area contributed by atoms with Crippen molar-refractivity contribution in [2.45, 2.75) is 6.42 Å². The summed E-state index contributed by atoms with van der Waals surface area (Å²) in [5, 5.41) is 6.55. The van der Waals surface area contributed by atoms with Crippen LogP contribution in [0.15, 0.2) is 4.99 Å². The molecular weight excluding hydrogens is 90.1 g/mol. The summed E-state index contributed by atoms with van der Waals surface area (Å²) in [5.41, 5.74) is 5.18. The molecular formula is C4H9N3. The average molecular weight is 99.1 g/mol. The Morgan fingerprint density at radius 2 is 2.57 bits per heavy atom. The van der Waals surface area contributed by atoms with Crippen molar-refractivity contribution in [1.29, 1.82) is 5.41 Å². The van der Waals surface area contributed by atoms with Crippen LogP contribution in [0.1, 0.15) is 6.42 Å². The fourth-order valence-corrected chi connectivity index (χ4v) is 0.196. The van der Waals surface area contributed by atoms with E-state index in [-0.39, 0.29) is 0 Å². The number of nitrogens with two attached hydrogens (primary N) is 1. The maximum absolute atomic E-state index is 6.55. The van der Waals surface area contributed by atoms with Crippen LogP contribution in [0.25, 0.3) is 0 Å². The average Bonchev–Trinajstić information content (AvgIpc) is 1.68. The molecule has 0 spiro atoms. The second kappa shape index (κ2) is 3.33. The highest BCUT2D eigenvalue weighted by Crippen LogP contribution is 1.69. The molecule has 0 aromatic heterocycles. The molecule has 0 heterocycles. The van der Waals surface area contributed by atoms with Crippen LogP contribution in [-0.4, -0.2) is 19.1 Å². The molecule has 3 N–H and O–H groups in total. The highest BCUT2D eigenvalue weighted by Gasteiger charge is 1.80. The number of rotatable bonds is 2. The van der Waals surface area contributed by atoms with Crippen molar-refractivity contribution in [1.82, 2.24) is 0 Å². The predicted molar refractivity (Wildman–Crippen MR) is 30.9 cm³/mol. The van der Waals surface area contributed by atoms with Gasteiger partial charge in [-0.05, 0) is 0 Å². The maximum Gasteiger partial charge on any atom is 0.0987 e. The number of hydrogen-bond donors (Lipinski definition) is 2. The van der Waals surface area contributed by atoms with Crippen LogP contribution in [0.2, 0.25) is 0 Å². The van der Waals surface area contributed by atoms with Crippen LogP contribution in [0, 0.1) is 5.41 Å². The van der Waals surface area contributed by atoms with E-state index in [2.05, 4.69) is 4.99 Å². The first-order chi connectivity index (χ1) is 3.31. The second-order valence-electron chi connectivity index (χ2n) is 1.12. The number of nitrogens with zero attached hydrogens (tertiary/aromatic N) is 1. The second-order valence-corrected chi connectivity index (χ2v) is 1.12. The third kappa shape index (κ3) is 2.96. The van der Waals surface area contributed by atoms with E-state index < -0.39 is 0 Å². The third-order valence-corrected chi connectivity index (χ3v) is 0.598. The van der Waals surface area contributed by atoms with E-state index in [4.69, 9.17) is 11.1 Å². The number of nitrogens with one attached hydrogen (secondary N) is 1. The van der Waals surface area contributed by atoms with Crippen molar-refractivity contribution in [2.24, 2.45) is 10.7 Å². The lowest BCUT2D eigenvalue weighted by Gasteiger charge is -1.86. The molecule has 0 unspecified atom stereocenters. The topological polar surface area (TPSA) is 62.2 Å². The third-order valence-electron chi connectivity index (χ3n) is 0.598. The van der Waals surface area contributed by atoms with Gasteiger partial charge in [-0.15, -0.1) is 0 Å². The van der Waals surface area contributed by atoms with E-state index in [0.29, 0.717) is 12.3 Å². The molecule has 0 aromatic carbocycles. The molecule has 0 saturated heterocycles. The van der Waals surface area contributed by atoms with E-state index >= 15 is 0 Å². The first-order valence-corrected chi connectivity index (χ1v) is 2.01. The van der Waals surface area contributed by atoms with Crippen molar-refractivity contribution in [2.75, 3.05) is 7.05 Å². The molecule has 3 heteroatoms. The van der Waals surface area contributed by atoms with Gasteiger partial charge < -0.3 is 11.1 Å². The van der Waals surface area contributed by atoms with Gasteiger partial charge in [0.15, 0.2) is 0 Å². The van der Waals surface area contributed by atoms with E-state index in [1.165, 1.54) is 6.21 Å². The first-order valence-electron chi connectivity index (χ1n) is 2.01. The minimum atomic E-state index is 0.469. The molecule has 0 fully saturated rings. The first kappa shape index (κ1) is 6.14. The summed E-state index contributed by atoms with van der Waals surface area (Å²) in [4.78, 5) is 3.62. The molecule has 40 valence electrons. The summed E-state index contributed by atoms with van der Waals surface area (Å²) in [5.74, 6) is 0.509. The Bertz CT molecular complexity index is 84.9. The molecule has 0 amide bonds. The molecule has 3 nitrogen and oxygen atoms in total. The summed E-state index contributed by atoms with van der Waals surface area (Å²) in [6.07, 6.45) is 1.69. The van der Waals surface area contributed by atoms with Gasteiger partial charge in [-0.2, -0.15) is 0 Å². The lowest BCUT2D eigenvalue weighted by Crippen LogP contribution is -2.10. The molecule has 7 heavy (non-hydrogen) atoms. The summed E-state index contributed by atoms with van der Waals surface area (Å²) in [6.45, 7) is 0. The molecule has 0 aliphatic carbocycles. The van der Waals surface area contributed by atoms with E-state index in [1.54, 1.807) is 7.05 Å². The Hall–Kier alpha value is -0.860. The van der Waals surface area contributed by atoms with Gasteiger partial charge in [-0.3, -0.25) is 4.99 Å². The van der Waals surface area contributed by atoms with Crippen molar-refractivity contribution in [3.05, 3.63) is 0 Å². The van der Waals surface area contributed by atoms with Gasteiger partial charge in [-0.25, -0.2) is 0 Å². The van der Waals surface area contributed by atoms with Crippen LogP contribution in [-0.2, 0) is 0 Å². The van der Waals surface area contributed by atoms with Crippen molar-refractivity contribution in [3.63, 3.8) is 0 Å². The Morgan fingerprint density at radius 3 is 2.71 bits per heavy atom. The quantitative estimate of drug-likeness (QED) is 0.372. The van der Waals surface area contributed by atoms with Crippen LogP contribution in [0.3, 0.4) is 0 Å². The Morgan fingerprint density at radius 1 is 2.00 bits per heavy atom. The van der Waals surface area contributed by atoms with Gasteiger partial charge in [-0.1, -0.05) is 0 Å². The zero-order valence-electron chi connectivity index (χ0n) is 4.31. The molecule has 0 bridgehead atoms. The van der Waals surface area contributed by atoms with Gasteiger partial charge in [0.1, 0.15) is 0 Å². The predicted octanol–water partition coefficient (Wildman–Crippen LogP) is 0.0131. The lowest BCUT2D eigenvalue weighted by atomic mass is 10.4. The Kier molecular flexibility index (Phi) is 2.92. The monoisotopic (exact) mass is 99.1 g/mol. The summed E-state index contributed by atoms with van der Waals surface area (Å²) in [6, 6.07) is 0. The number of hydrogen-bond acceptors (Lipinski definition) is 2. The largest absolute Gasteiger partial charge is 0.387 e. The van der Waals surface area contributed by atoms with Crippen LogP contribution in [0.4, 0.5) is 0 Å². The number of amidine groups is 1. The Labute approximate surface area is 42.8 Å². The van der Waals surface area contributed by atoms with Gasteiger partial charge in [0.2, 0.25) is 0 Å². The highest BCUT2D eigenvalue weighted by atomic mass is 14.8. The molecule has 0 radical (unpaired) electrons. The SMILES string of the molecule is CN=C(N)CC=N. The highest BCUT2D eigenvalue weighted by molar-refractivity contribution is 5.91. The molecule has 0 aliphatic rings. The standard InChI is InChI=1S/C4H9N3/c1-7-4(6)2-3-5/h3,5H,2H2,1H3,(H2,6,7). The van der Waals surface area contributed by atoms with Crippen LogP contribution in [0.5, 0.6) is 0 Å². The van der Waals surface area contributed by atoms with Gasteiger partial charge in [0, 0.05) is 19.7 Å². The minimum absolute atomic E-state index is 0.469. The summed E-state index contributed by atoms with van der Waals surface area (Å²) < 4.78 is 0. The fraction of sp³-hybridized carbons (Fsp3) is 0.500. The normalized spacial score (nSPS) is 11.3. The van der Waals surface area contributed by atoms with E-state index in [9.17, 15) is 0 Å². The minimum Gasteiger partial charge on any atom is -0.387 e. The van der Waals surface area contributed by atoms with Crippen molar-refractivity contribution in [3.8, 4) is 0 Å². The zero-order valence-corrected chi connectivity index (χ0v) is 4.31. The van der Waals surface area contributed by atoms with Crippen LogP contribution >= 0.6 is 0 Å². The summed E-state index contributed by atoms with van der Waals surface area (Å²) >= 11 is 0. The Balaban J connectivity index is 3.36. The zero-order chi connectivity index (χ0) is 5.70. The van der Waals surface area contributed by atoms with E-state index in [0.717, 1.165) is 0 Å². The molecule has 0 atom stereocenters. The lowest BCUT2D eigenvalue weighted by molar-refractivity contribution is 1.34. The van der Waals surface area contributed by atoms with Gasteiger partial charge >= 0.3 is 0 Å². The smallest absolute Gasteiger partial charge is 0.0987 e. The van der Waals surface area contributed by atoms with Crippen LogP contribution < -0.4 is 5.73 Å².